The van der Waals surface area contributed by atoms with Gasteiger partial charge < -0.3 is 15.0 Å². The van der Waals surface area contributed by atoms with Crippen LogP contribution in [0, 0.1) is 5.92 Å². The quantitative estimate of drug-likeness (QED) is 0.862. The van der Waals surface area contributed by atoms with Gasteiger partial charge in [0.1, 0.15) is 5.69 Å². The van der Waals surface area contributed by atoms with Crippen LogP contribution in [-0.4, -0.2) is 33.9 Å². The predicted molar refractivity (Wildman–Crippen MR) is 75.6 cm³/mol. The molecule has 20 heavy (non-hydrogen) atoms. The maximum absolute atomic E-state index is 12.5. The molecule has 1 aliphatic heterocycles. The summed E-state index contributed by atoms with van der Waals surface area (Å²) in [6.45, 7) is 1.90. The standard InChI is InChI=1S/C15H18N4O/c20-14(13-7-12-4-2-6-19(12)10-17-13)18-15-5-1-3-11(15)8-16-9-15/h2,4,6-7,10-11,16H,1,3,5,8-9H2,(H,18,20)/t11-,15-/m0/s1. The molecular weight excluding hydrogens is 252 g/mol. The minimum absolute atomic E-state index is 0.0487. The monoisotopic (exact) mass is 270 g/mol. The third-order valence-corrected chi connectivity index (χ3v) is 4.80. The van der Waals surface area contributed by atoms with Gasteiger partial charge >= 0.3 is 0 Å². The molecule has 1 amide bonds. The summed E-state index contributed by atoms with van der Waals surface area (Å²) in [7, 11) is 0. The van der Waals surface area contributed by atoms with E-state index in [9.17, 15) is 4.79 Å². The Hall–Kier alpha value is -1.88. The molecule has 1 aliphatic carbocycles. The summed E-state index contributed by atoms with van der Waals surface area (Å²) >= 11 is 0. The zero-order valence-electron chi connectivity index (χ0n) is 11.3. The van der Waals surface area contributed by atoms with E-state index < -0.39 is 0 Å². The summed E-state index contributed by atoms with van der Waals surface area (Å²) in [6, 6.07) is 5.77. The lowest BCUT2D eigenvalue weighted by molar-refractivity contribution is 0.0888. The van der Waals surface area contributed by atoms with E-state index in [1.165, 1.54) is 12.8 Å². The topological polar surface area (TPSA) is 58.4 Å². The molecular formula is C15H18N4O. The van der Waals surface area contributed by atoms with Crippen molar-refractivity contribution < 1.29 is 4.79 Å². The first kappa shape index (κ1) is 11.9. The molecule has 4 rings (SSSR count). The average Bonchev–Trinajstić information content (AvgIpc) is 3.10. The van der Waals surface area contributed by atoms with Gasteiger partial charge in [0.05, 0.1) is 11.9 Å². The van der Waals surface area contributed by atoms with Crippen LogP contribution in [0.1, 0.15) is 29.8 Å². The Kier molecular flexibility index (Phi) is 2.57. The van der Waals surface area contributed by atoms with E-state index in [2.05, 4.69) is 15.6 Å². The van der Waals surface area contributed by atoms with Crippen LogP contribution in [0.3, 0.4) is 0 Å². The molecule has 2 aromatic rings. The highest BCUT2D eigenvalue weighted by Gasteiger charge is 2.47. The summed E-state index contributed by atoms with van der Waals surface area (Å²) in [5.74, 6) is 0.521. The Morgan fingerprint density at radius 3 is 3.45 bits per heavy atom. The van der Waals surface area contributed by atoms with Gasteiger partial charge in [-0.3, -0.25) is 4.79 Å². The van der Waals surface area contributed by atoms with Crippen molar-refractivity contribution >= 4 is 11.4 Å². The van der Waals surface area contributed by atoms with Crippen LogP contribution in [0.4, 0.5) is 0 Å². The maximum Gasteiger partial charge on any atom is 0.270 e. The van der Waals surface area contributed by atoms with Crippen LogP contribution in [0.2, 0.25) is 0 Å². The molecule has 1 saturated heterocycles. The average molecular weight is 270 g/mol. The van der Waals surface area contributed by atoms with Crippen LogP contribution >= 0.6 is 0 Å². The van der Waals surface area contributed by atoms with Crippen LogP contribution in [0.5, 0.6) is 0 Å². The minimum Gasteiger partial charge on any atom is -0.344 e. The Morgan fingerprint density at radius 2 is 2.50 bits per heavy atom. The molecule has 2 N–H and O–H groups in total. The first-order valence-electron chi connectivity index (χ1n) is 7.23. The smallest absolute Gasteiger partial charge is 0.270 e. The molecule has 2 aromatic heterocycles. The number of fused-ring (bicyclic) bond motifs is 2. The number of carbonyl (C=O) groups excluding carboxylic acids is 1. The summed E-state index contributed by atoms with van der Waals surface area (Å²) in [5, 5.41) is 6.66. The van der Waals surface area contributed by atoms with Crippen LogP contribution in [0.25, 0.3) is 5.52 Å². The van der Waals surface area contributed by atoms with E-state index >= 15 is 0 Å². The van der Waals surface area contributed by atoms with E-state index in [0.29, 0.717) is 11.6 Å². The molecule has 0 radical (unpaired) electrons. The Balaban J connectivity index is 1.60. The number of nitrogens with zero attached hydrogens (tertiary/aromatic N) is 2. The molecule has 2 fully saturated rings. The van der Waals surface area contributed by atoms with E-state index in [1.807, 2.05) is 28.8 Å². The van der Waals surface area contributed by atoms with Crippen LogP contribution in [-0.2, 0) is 0 Å². The van der Waals surface area contributed by atoms with Crippen molar-refractivity contribution in [2.75, 3.05) is 13.1 Å². The molecule has 5 nitrogen and oxygen atoms in total. The van der Waals surface area contributed by atoms with Crippen molar-refractivity contribution in [3.8, 4) is 0 Å². The zero-order chi connectivity index (χ0) is 13.6. The second-order valence-electron chi connectivity index (χ2n) is 5.94. The second kappa shape index (κ2) is 4.31. The van der Waals surface area contributed by atoms with E-state index in [0.717, 1.165) is 25.0 Å². The lowest BCUT2D eigenvalue weighted by Crippen LogP contribution is -2.51. The number of carbonyl (C=O) groups is 1. The summed E-state index contributed by atoms with van der Waals surface area (Å²) in [5.41, 5.74) is 1.45. The van der Waals surface area contributed by atoms with E-state index in [-0.39, 0.29) is 11.4 Å². The van der Waals surface area contributed by atoms with Gasteiger partial charge in [0.25, 0.3) is 5.91 Å². The molecule has 0 bridgehead atoms. The molecule has 104 valence electrons. The molecule has 0 aromatic carbocycles. The fourth-order valence-electron chi connectivity index (χ4n) is 3.70. The second-order valence-corrected chi connectivity index (χ2v) is 5.94. The van der Waals surface area contributed by atoms with Crippen molar-refractivity contribution in [2.45, 2.75) is 24.8 Å². The van der Waals surface area contributed by atoms with E-state index in [4.69, 9.17) is 0 Å². The van der Waals surface area contributed by atoms with Crippen molar-refractivity contribution in [1.82, 2.24) is 20.0 Å². The number of amides is 1. The minimum atomic E-state index is -0.0516. The predicted octanol–water partition coefficient (Wildman–Crippen LogP) is 1.21. The Labute approximate surface area is 117 Å². The third-order valence-electron chi connectivity index (χ3n) is 4.80. The Morgan fingerprint density at radius 1 is 1.55 bits per heavy atom. The molecule has 1 saturated carbocycles. The summed E-state index contributed by atoms with van der Waals surface area (Å²) in [6.07, 6.45) is 7.11. The number of hydrogen-bond acceptors (Lipinski definition) is 3. The van der Waals surface area contributed by atoms with Gasteiger partial charge in [-0.1, -0.05) is 6.42 Å². The van der Waals surface area contributed by atoms with Crippen molar-refractivity contribution in [3.05, 3.63) is 36.4 Å². The van der Waals surface area contributed by atoms with Crippen LogP contribution in [0.15, 0.2) is 30.7 Å². The van der Waals surface area contributed by atoms with Gasteiger partial charge in [0.2, 0.25) is 0 Å². The zero-order valence-corrected chi connectivity index (χ0v) is 11.3. The molecule has 0 spiro atoms. The first-order chi connectivity index (χ1) is 9.77. The molecule has 5 heteroatoms. The molecule has 0 unspecified atom stereocenters. The largest absolute Gasteiger partial charge is 0.344 e. The summed E-state index contributed by atoms with van der Waals surface area (Å²) in [4.78, 5) is 16.8. The lowest BCUT2D eigenvalue weighted by Gasteiger charge is -2.29. The van der Waals surface area contributed by atoms with Gasteiger partial charge in [-0.15, -0.1) is 0 Å². The summed E-state index contributed by atoms with van der Waals surface area (Å²) < 4.78 is 1.91. The SMILES string of the molecule is O=C(N[C@]12CCC[C@H]1CNC2)c1cc2cccn2cn1. The van der Waals surface area contributed by atoms with Crippen molar-refractivity contribution in [1.29, 1.82) is 0 Å². The third kappa shape index (κ3) is 1.73. The molecule has 3 heterocycles. The van der Waals surface area contributed by atoms with Crippen LogP contribution < -0.4 is 10.6 Å². The van der Waals surface area contributed by atoms with Crippen molar-refractivity contribution in [2.24, 2.45) is 5.92 Å². The highest BCUT2D eigenvalue weighted by Crippen LogP contribution is 2.38. The first-order valence-corrected chi connectivity index (χ1v) is 7.23. The highest BCUT2D eigenvalue weighted by molar-refractivity contribution is 5.93. The number of nitrogens with one attached hydrogen (secondary N) is 2. The van der Waals surface area contributed by atoms with Gasteiger partial charge in [-0.05, 0) is 37.0 Å². The van der Waals surface area contributed by atoms with Gasteiger partial charge in [0.15, 0.2) is 0 Å². The van der Waals surface area contributed by atoms with Crippen molar-refractivity contribution in [3.63, 3.8) is 0 Å². The highest BCUT2D eigenvalue weighted by atomic mass is 16.2. The van der Waals surface area contributed by atoms with Gasteiger partial charge in [-0.25, -0.2) is 4.98 Å². The fourth-order valence-corrected chi connectivity index (χ4v) is 3.70. The number of aromatic nitrogens is 2. The lowest BCUT2D eigenvalue weighted by atomic mass is 9.90. The van der Waals surface area contributed by atoms with Gasteiger partial charge in [0, 0.05) is 24.8 Å². The number of hydrogen-bond donors (Lipinski definition) is 2. The Bertz CT molecular complexity index is 653. The van der Waals surface area contributed by atoms with E-state index in [1.54, 1.807) is 6.33 Å². The van der Waals surface area contributed by atoms with Gasteiger partial charge in [-0.2, -0.15) is 0 Å². The molecule has 2 atom stereocenters. The fraction of sp³-hybridized carbons (Fsp3) is 0.467. The normalized spacial score (nSPS) is 28.7. The number of rotatable bonds is 2. The maximum atomic E-state index is 12.5. The molecule has 2 aliphatic rings.